The minimum Gasteiger partial charge on any atom is -0.426 e. The van der Waals surface area contributed by atoms with Gasteiger partial charge in [0.2, 0.25) is 0 Å². The molecule has 0 heterocycles. The highest BCUT2D eigenvalue weighted by Crippen LogP contribution is 2.51. The van der Waals surface area contributed by atoms with Crippen molar-refractivity contribution in [2.75, 3.05) is 13.2 Å². The van der Waals surface area contributed by atoms with Crippen molar-refractivity contribution in [3.05, 3.63) is 66.7 Å². The van der Waals surface area contributed by atoms with Crippen molar-refractivity contribution in [1.29, 1.82) is 0 Å². The summed E-state index contributed by atoms with van der Waals surface area (Å²) in [7, 11) is 0. The van der Waals surface area contributed by atoms with Gasteiger partial charge in [-0.05, 0) is 72.6 Å². The second-order valence-corrected chi connectivity index (χ2v) is 21.3. The highest BCUT2D eigenvalue weighted by atomic mass is 32.2. The molecule has 14 heteroatoms. The first-order valence-electron chi connectivity index (χ1n) is 17.9. The summed E-state index contributed by atoms with van der Waals surface area (Å²) in [5.74, 6) is 0.652. The topological polar surface area (TPSA) is 150 Å². The standard InChI is InChI=1S/C39H60N2O10S2/c1-16-25(24-48-41(45)46)50-51-34-30(37(8,9)10)22-27(23-31(34)38(11,12)13)53-39(14,15)52-26-20-28(35(2,3)4)33(29(21-26)36(5,6)7)49-32(42)18-17-19-47-40(43)44/h20-23,25H,16-19,24H2,1-15H3. The van der Waals surface area contributed by atoms with Gasteiger partial charge in [0.05, 0.1) is 10.7 Å². The van der Waals surface area contributed by atoms with Crippen LogP contribution in [0.25, 0.3) is 0 Å². The van der Waals surface area contributed by atoms with Crippen LogP contribution in [0, 0.1) is 20.2 Å². The molecule has 0 fully saturated rings. The number of rotatable bonds is 17. The molecule has 0 spiro atoms. The molecule has 0 N–H and O–H groups in total. The maximum absolute atomic E-state index is 13.0. The van der Waals surface area contributed by atoms with E-state index in [0.29, 0.717) is 17.9 Å². The third-order valence-electron chi connectivity index (χ3n) is 8.11. The monoisotopic (exact) mass is 780 g/mol. The minimum absolute atomic E-state index is 0.0144. The molecule has 0 aromatic heterocycles. The van der Waals surface area contributed by atoms with Crippen LogP contribution in [-0.4, -0.2) is 39.5 Å². The first-order chi connectivity index (χ1) is 24.0. The van der Waals surface area contributed by atoms with Gasteiger partial charge in [0.25, 0.3) is 10.2 Å². The van der Waals surface area contributed by atoms with Crippen LogP contribution < -0.4 is 9.62 Å². The molecule has 1 atom stereocenters. The first kappa shape index (κ1) is 45.9. The summed E-state index contributed by atoms with van der Waals surface area (Å²) in [5, 5.41) is 19.6. The van der Waals surface area contributed by atoms with Crippen LogP contribution in [0.2, 0.25) is 0 Å². The lowest BCUT2D eigenvalue weighted by atomic mass is 9.79. The van der Waals surface area contributed by atoms with Crippen molar-refractivity contribution in [3.8, 4) is 11.5 Å². The van der Waals surface area contributed by atoms with E-state index in [4.69, 9.17) is 14.5 Å². The molecule has 0 aliphatic heterocycles. The Hall–Kier alpha value is -3.23. The number of nitrogens with zero attached hydrogens (tertiary/aromatic N) is 2. The van der Waals surface area contributed by atoms with Gasteiger partial charge >= 0.3 is 5.97 Å². The van der Waals surface area contributed by atoms with Crippen LogP contribution in [0.3, 0.4) is 0 Å². The van der Waals surface area contributed by atoms with E-state index in [0.717, 1.165) is 32.0 Å². The Morgan fingerprint density at radius 1 is 0.679 bits per heavy atom. The number of thioether (sulfide) groups is 2. The number of hydrogen-bond donors (Lipinski definition) is 0. The second kappa shape index (κ2) is 17.9. The summed E-state index contributed by atoms with van der Waals surface area (Å²) in [4.78, 5) is 57.2. The van der Waals surface area contributed by atoms with E-state index >= 15 is 0 Å². The molecular weight excluding hydrogens is 721 g/mol. The molecule has 53 heavy (non-hydrogen) atoms. The molecule has 0 aliphatic carbocycles. The molecule has 2 aromatic carbocycles. The van der Waals surface area contributed by atoms with Gasteiger partial charge in [-0.15, -0.1) is 43.8 Å². The Morgan fingerprint density at radius 3 is 1.43 bits per heavy atom. The Labute approximate surface area is 323 Å². The Kier molecular flexibility index (Phi) is 15.5. The average Bonchev–Trinajstić information content (AvgIpc) is 2.97. The lowest BCUT2D eigenvalue weighted by Gasteiger charge is -2.33. The van der Waals surface area contributed by atoms with Gasteiger partial charge in [0, 0.05) is 38.5 Å². The van der Waals surface area contributed by atoms with Crippen molar-refractivity contribution >= 4 is 29.5 Å². The molecule has 2 rings (SSSR count). The Balaban J connectivity index is 2.58. The average molecular weight is 781 g/mol. The van der Waals surface area contributed by atoms with Crippen LogP contribution >= 0.6 is 23.5 Å². The fourth-order valence-electron chi connectivity index (χ4n) is 5.33. The molecule has 2 aromatic rings. The van der Waals surface area contributed by atoms with E-state index in [9.17, 15) is 25.0 Å². The van der Waals surface area contributed by atoms with Gasteiger partial charge in [-0.3, -0.25) is 4.79 Å². The quantitative estimate of drug-likeness (QED) is 0.0220. The second-order valence-electron chi connectivity index (χ2n) is 17.7. The van der Waals surface area contributed by atoms with Gasteiger partial charge < -0.3 is 19.3 Å². The van der Waals surface area contributed by atoms with Gasteiger partial charge in [-0.2, -0.15) is 4.89 Å². The van der Waals surface area contributed by atoms with E-state index in [1.165, 1.54) is 0 Å². The molecule has 1 unspecified atom stereocenters. The predicted octanol–water partition coefficient (Wildman–Crippen LogP) is 10.7. The third kappa shape index (κ3) is 14.5. The normalized spacial score (nSPS) is 13.3. The highest BCUT2D eigenvalue weighted by molar-refractivity contribution is 8.18. The largest absolute Gasteiger partial charge is 0.426 e. The van der Waals surface area contributed by atoms with Gasteiger partial charge in [0.1, 0.15) is 18.5 Å². The summed E-state index contributed by atoms with van der Waals surface area (Å²) in [5.41, 5.74) is 2.27. The number of ether oxygens (including phenoxy) is 1. The van der Waals surface area contributed by atoms with E-state index in [1.54, 1.807) is 23.5 Å². The van der Waals surface area contributed by atoms with Crippen LogP contribution in [0.4, 0.5) is 0 Å². The molecule has 0 aliphatic rings. The SMILES string of the molecule is CCC(CO[N+](=O)[O-])OOc1c(C(C)(C)C)cc(SC(C)(C)Sc2cc(C(C)(C)C)c(OC(=O)CCCO[N+](=O)[O-])c(C(C)(C)C)c2)cc1C(C)(C)C. The number of carbonyl (C=O) groups excluding carboxylic acids is 1. The lowest BCUT2D eigenvalue weighted by Crippen LogP contribution is -2.25. The molecule has 12 nitrogen and oxygen atoms in total. The van der Waals surface area contributed by atoms with Crippen molar-refractivity contribution < 1.29 is 39.2 Å². The summed E-state index contributed by atoms with van der Waals surface area (Å²) >= 11 is 3.45. The highest BCUT2D eigenvalue weighted by Gasteiger charge is 2.34. The van der Waals surface area contributed by atoms with Crippen LogP contribution in [-0.2, 0) is 41.0 Å². The summed E-state index contributed by atoms with van der Waals surface area (Å²) in [6.45, 7) is 30.9. The molecular formula is C39H60N2O10S2. The molecule has 0 saturated heterocycles. The zero-order chi connectivity index (χ0) is 40.7. The van der Waals surface area contributed by atoms with E-state index in [-0.39, 0.29) is 51.8 Å². The zero-order valence-corrected chi connectivity index (χ0v) is 35.8. The summed E-state index contributed by atoms with van der Waals surface area (Å²) < 4.78 is 5.68. The molecule has 0 bridgehead atoms. The number of hydrogen-bond acceptors (Lipinski definition) is 12. The van der Waals surface area contributed by atoms with E-state index in [2.05, 4.69) is 131 Å². The van der Waals surface area contributed by atoms with Gasteiger partial charge in [-0.1, -0.05) is 90.0 Å². The number of benzene rings is 2. The van der Waals surface area contributed by atoms with Gasteiger partial charge in [0.15, 0.2) is 5.75 Å². The first-order valence-corrected chi connectivity index (χ1v) is 19.5. The lowest BCUT2D eigenvalue weighted by molar-refractivity contribution is -0.760. The smallest absolute Gasteiger partial charge is 0.311 e. The molecule has 0 saturated carbocycles. The summed E-state index contributed by atoms with van der Waals surface area (Å²) in [6, 6.07) is 8.47. The van der Waals surface area contributed by atoms with Gasteiger partial charge in [-0.25, -0.2) is 0 Å². The maximum Gasteiger partial charge on any atom is 0.311 e. The van der Waals surface area contributed by atoms with Crippen molar-refractivity contribution in [2.45, 2.75) is 165 Å². The number of esters is 1. The van der Waals surface area contributed by atoms with Crippen molar-refractivity contribution in [1.82, 2.24) is 0 Å². The fourth-order valence-corrected chi connectivity index (χ4v) is 7.92. The molecule has 298 valence electrons. The van der Waals surface area contributed by atoms with Crippen LogP contribution in [0.15, 0.2) is 34.1 Å². The Bertz CT molecular complexity index is 1530. The third-order valence-corrected chi connectivity index (χ3v) is 10.5. The van der Waals surface area contributed by atoms with E-state index < -0.39 is 22.2 Å². The van der Waals surface area contributed by atoms with Crippen molar-refractivity contribution in [2.24, 2.45) is 0 Å². The van der Waals surface area contributed by atoms with Crippen LogP contribution in [0.5, 0.6) is 11.5 Å². The predicted molar refractivity (Wildman–Crippen MR) is 210 cm³/mol. The van der Waals surface area contributed by atoms with Crippen molar-refractivity contribution in [3.63, 3.8) is 0 Å². The molecule has 0 amide bonds. The zero-order valence-electron chi connectivity index (χ0n) is 34.2. The van der Waals surface area contributed by atoms with E-state index in [1.807, 2.05) is 6.92 Å². The number of carbonyl (C=O) groups is 1. The summed E-state index contributed by atoms with van der Waals surface area (Å²) in [6.07, 6.45) is -0.0196. The Morgan fingerprint density at radius 2 is 1.08 bits per heavy atom. The maximum atomic E-state index is 13.0. The van der Waals surface area contributed by atoms with Crippen LogP contribution in [0.1, 0.15) is 145 Å². The minimum atomic E-state index is -0.868. The fraction of sp³-hybridized carbons (Fsp3) is 0.667. The molecule has 0 radical (unpaired) electrons.